The van der Waals surface area contributed by atoms with Gasteiger partial charge < -0.3 is 15.5 Å². The van der Waals surface area contributed by atoms with E-state index in [-0.39, 0.29) is 29.6 Å². The molecule has 3 N–H and O–H groups in total. The molecule has 2 aromatic heterocycles. The molecule has 0 bridgehead atoms. The molecule has 0 radical (unpaired) electrons. The lowest BCUT2D eigenvalue weighted by Gasteiger charge is -2.31. The van der Waals surface area contributed by atoms with Gasteiger partial charge in [-0.05, 0) is 56.4 Å². The highest BCUT2D eigenvalue weighted by molar-refractivity contribution is 7.12. The maximum Gasteiger partial charge on any atom is 0.272 e. The first-order chi connectivity index (χ1) is 17.1. The molecule has 1 saturated carbocycles. The van der Waals surface area contributed by atoms with E-state index in [2.05, 4.69) is 31.9 Å². The molecule has 3 aliphatic rings. The number of nitrogens with zero attached hydrogens (tertiary/aromatic N) is 3. The maximum atomic E-state index is 13.1. The second-order valence-electron chi connectivity index (χ2n) is 9.24. The van der Waals surface area contributed by atoms with E-state index in [9.17, 15) is 9.59 Å². The van der Waals surface area contributed by atoms with E-state index < -0.39 is 0 Å². The van der Waals surface area contributed by atoms with Gasteiger partial charge in [-0.25, -0.2) is 10.1 Å². The van der Waals surface area contributed by atoms with Crippen molar-refractivity contribution in [1.29, 1.82) is 0 Å². The molecule has 1 amide bonds. The van der Waals surface area contributed by atoms with Gasteiger partial charge in [0.25, 0.3) is 11.5 Å². The predicted octanol–water partition coefficient (Wildman–Crippen LogP) is 3.51. The predicted molar refractivity (Wildman–Crippen MR) is 136 cm³/mol. The van der Waals surface area contributed by atoms with Crippen molar-refractivity contribution >= 4 is 33.6 Å². The summed E-state index contributed by atoms with van der Waals surface area (Å²) < 4.78 is 0. The fourth-order valence-corrected chi connectivity index (χ4v) is 6.00. The quantitative estimate of drug-likeness (QED) is 0.522. The number of aromatic amines is 1. The van der Waals surface area contributed by atoms with E-state index in [1.54, 1.807) is 17.5 Å². The van der Waals surface area contributed by atoms with Gasteiger partial charge in [0.15, 0.2) is 0 Å². The first-order valence-electron chi connectivity index (χ1n) is 11.9. The highest BCUT2D eigenvalue weighted by Gasteiger charge is 2.32. The zero-order valence-electron chi connectivity index (χ0n) is 19.3. The van der Waals surface area contributed by atoms with E-state index in [1.165, 1.54) is 0 Å². The number of thiazole rings is 1. The number of carbonyl (C=O) groups is 1. The molecule has 3 aromatic rings. The lowest BCUT2D eigenvalue weighted by molar-refractivity contribution is -0.119. The van der Waals surface area contributed by atoms with Crippen molar-refractivity contribution in [2.75, 3.05) is 0 Å². The van der Waals surface area contributed by atoms with E-state index in [0.29, 0.717) is 11.1 Å². The van der Waals surface area contributed by atoms with Crippen LogP contribution in [0.3, 0.4) is 0 Å². The van der Waals surface area contributed by atoms with Crippen molar-refractivity contribution in [3.05, 3.63) is 86.6 Å². The average Bonchev–Trinajstić information content (AvgIpc) is 3.51. The lowest BCUT2D eigenvalue weighted by atomic mass is 9.82. The molecule has 1 unspecified atom stereocenters. The molecule has 2 aliphatic heterocycles. The minimum absolute atomic E-state index is 0.0637. The molecule has 178 valence electrons. The Labute approximate surface area is 206 Å². The lowest BCUT2D eigenvalue weighted by Crippen LogP contribution is -2.42. The number of aromatic nitrogens is 3. The van der Waals surface area contributed by atoms with Crippen molar-refractivity contribution in [2.45, 2.75) is 50.7 Å². The van der Waals surface area contributed by atoms with Crippen LogP contribution in [0.25, 0.3) is 16.3 Å². The third kappa shape index (κ3) is 4.05. The Morgan fingerprint density at radius 1 is 1.17 bits per heavy atom. The van der Waals surface area contributed by atoms with Gasteiger partial charge in [0.1, 0.15) is 11.9 Å². The molecular weight excluding hydrogens is 460 g/mol. The summed E-state index contributed by atoms with van der Waals surface area (Å²) in [5.74, 6) is 0.205. The van der Waals surface area contributed by atoms with Crippen LogP contribution in [-0.2, 0) is 4.79 Å². The third-order valence-corrected chi connectivity index (χ3v) is 8.00. The maximum absolute atomic E-state index is 13.1. The number of rotatable bonds is 4. The molecule has 0 spiro atoms. The van der Waals surface area contributed by atoms with Crippen LogP contribution in [0.1, 0.15) is 47.2 Å². The van der Waals surface area contributed by atoms with Gasteiger partial charge in [0, 0.05) is 35.9 Å². The zero-order chi connectivity index (χ0) is 23.9. The molecule has 0 saturated heterocycles. The highest BCUT2D eigenvalue weighted by Crippen LogP contribution is 2.35. The topological polar surface area (TPSA) is 103 Å². The normalized spacial score (nSPS) is 23.5. The molecule has 1 aromatic carbocycles. The fourth-order valence-electron chi connectivity index (χ4n) is 5.22. The molecular formula is C26H26N6O2S. The van der Waals surface area contributed by atoms with E-state index in [1.807, 2.05) is 54.6 Å². The summed E-state index contributed by atoms with van der Waals surface area (Å²) in [6.07, 6.45) is 13.3. The number of fused-ring (bicyclic) bond motifs is 2. The van der Waals surface area contributed by atoms with Gasteiger partial charge >= 0.3 is 0 Å². The standard InChI is InChI=1S/C26H26N6O2S/c1-15-27-14-22(35-15)17-10-11-32-21(13-28-23(32)12-17)26(34)29-18-8-6-16(7-9-18)24-19-4-2-3-5-20(19)25(33)31-30-24/h2-5,10-14,16,18,23,28H,6-9H2,1H3,(H,29,34)(H,31,33)/t16-,18-,23?. The number of aryl methyl sites for hydroxylation is 1. The number of allylic oxidation sites excluding steroid dienone is 2. The molecule has 8 nitrogen and oxygen atoms in total. The Morgan fingerprint density at radius 3 is 2.74 bits per heavy atom. The number of amides is 1. The van der Waals surface area contributed by atoms with E-state index >= 15 is 0 Å². The summed E-state index contributed by atoms with van der Waals surface area (Å²) in [5, 5.41) is 16.2. The highest BCUT2D eigenvalue weighted by atomic mass is 32.1. The third-order valence-electron chi connectivity index (χ3n) is 7.03. The Kier molecular flexibility index (Phi) is 5.49. The van der Waals surface area contributed by atoms with Crippen LogP contribution in [0, 0.1) is 6.92 Å². The van der Waals surface area contributed by atoms with Gasteiger partial charge in [-0.2, -0.15) is 5.10 Å². The van der Waals surface area contributed by atoms with Gasteiger partial charge in [0.05, 0.1) is 21.0 Å². The first kappa shape index (κ1) is 21.8. The SMILES string of the molecule is Cc1ncc(C2=CC3NC=C(C(=O)N[C@H]4CC[C@H](c5n[nH]c(=O)c6ccccc65)CC4)N3C=C2)s1. The van der Waals surface area contributed by atoms with E-state index in [0.717, 1.165) is 52.2 Å². The van der Waals surface area contributed by atoms with Crippen LogP contribution < -0.4 is 16.2 Å². The van der Waals surface area contributed by atoms with Crippen LogP contribution in [-0.4, -0.2) is 38.2 Å². The molecule has 35 heavy (non-hydrogen) atoms. The summed E-state index contributed by atoms with van der Waals surface area (Å²) in [5.41, 5.74) is 2.53. The Bertz CT molecular complexity index is 1440. The molecule has 1 fully saturated rings. The number of benzene rings is 1. The van der Waals surface area contributed by atoms with Crippen molar-refractivity contribution in [3.8, 4) is 0 Å². The number of H-pyrrole nitrogens is 1. The molecule has 1 atom stereocenters. The minimum atomic E-state index is -0.155. The van der Waals surface area contributed by atoms with Gasteiger partial charge in [-0.15, -0.1) is 11.3 Å². The fraction of sp³-hybridized carbons (Fsp3) is 0.308. The Hall–Kier alpha value is -3.72. The Morgan fingerprint density at radius 2 is 1.97 bits per heavy atom. The Balaban J connectivity index is 1.08. The molecule has 1 aliphatic carbocycles. The molecule has 9 heteroatoms. The second-order valence-corrected chi connectivity index (χ2v) is 10.5. The summed E-state index contributed by atoms with van der Waals surface area (Å²) in [4.78, 5) is 32.7. The summed E-state index contributed by atoms with van der Waals surface area (Å²) in [6.45, 7) is 2.00. The second kappa shape index (κ2) is 8.81. The van der Waals surface area contributed by atoms with Crippen LogP contribution in [0.2, 0.25) is 0 Å². The number of carbonyl (C=O) groups excluding carboxylic acids is 1. The van der Waals surface area contributed by atoms with Gasteiger partial charge in [-0.1, -0.05) is 18.2 Å². The number of hydrogen-bond acceptors (Lipinski definition) is 7. The first-order valence-corrected chi connectivity index (χ1v) is 12.7. The van der Waals surface area contributed by atoms with Crippen LogP contribution in [0.5, 0.6) is 0 Å². The largest absolute Gasteiger partial charge is 0.366 e. The van der Waals surface area contributed by atoms with E-state index in [4.69, 9.17) is 0 Å². The van der Waals surface area contributed by atoms with Crippen LogP contribution in [0.4, 0.5) is 0 Å². The number of hydrogen-bond donors (Lipinski definition) is 3. The minimum Gasteiger partial charge on any atom is -0.366 e. The smallest absolute Gasteiger partial charge is 0.272 e. The van der Waals surface area contributed by atoms with Gasteiger partial charge in [-0.3, -0.25) is 9.59 Å². The van der Waals surface area contributed by atoms with Crippen LogP contribution >= 0.6 is 11.3 Å². The number of nitrogens with one attached hydrogen (secondary N) is 3. The summed E-state index contributed by atoms with van der Waals surface area (Å²) in [6, 6.07) is 7.75. The van der Waals surface area contributed by atoms with Crippen molar-refractivity contribution in [2.24, 2.45) is 0 Å². The molecule has 6 rings (SSSR count). The average molecular weight is 487 g/mol. The summed E-state index contributed by atoms with van der Waals surface area (Å²) in [7, 11) is 0. The van der Waals surface area contributed by atoms with Gasteiger partial charge in [0.2, 0.25) is 0 Å². The van der Waals surface area contributed by atoms with Crippen molar-refractivity contribution in [3.63, 3.8) is 0 Å². The van der Waals surface area contributed by atoms with Crippen molar-refractivity contribution in [1.82, 2.24) is 30.7 Å². The summed E-state index contributed by atoms with van der Waals surface area (Å²) >= 11 is 1.66. The monoisotopic (exact) mass is 486 g/mol. The van der Waals surface area contributed by atoms with Crippen LogP contribution in [0.15, 0.2) is 65.5 Å². The van der Waals surface area contributed by atoms with Crippen molar-refractivity contribution < 1.29 is 4.79 Å². The molecule has 4 heterocycles. The zero-order valence-corrected chi connectivity index (χ0v) is 20.1.